The van der Waals surface area contributed by atoms with Gasteiger partial charge in [0.25, 0.3) is 11.1 Å². The van der Waals surface area contributed by atoms with Gasteiger partial charge in [-0.3, -0.25) is 23.6 Å². The Labute approximate surface area is 202 Å². The lowest BCUT2D eigenvalue weighted by Gasteiger charge is -2.12. The number of methoxy groups -OCH3 is 1. The smallest absolute Gasteiger partial charge is 0.337 e. The van der Waals surface area contributed by atoms with Gasteiger partial charge in [-0.15, -0.1) is 11.3 Å². The average Bonchev–Trinajstić information content (AvgIpc) is 3.35. The van der Waals surface area contributed by atoms with Crippen LogP contribution in [0.15, 0.2) is 45.3 Å². The van der Waals surface area contributed by atoms with Crippen molar-refractivity contribution in [3.05, 3.63) is 73.5 Å². The van der Waals surface area contributed by atoms with Gasteiger partial charge in [-0.25, -0.2) is 14.5 Å². The van der Waals surface area contributed by atoms with Gasteiger partial charge in [-0.05, 0) is 19.1 Å². The zero-order valence-corrected chi connectivity index (χ0v) is 20.1. The lowest BCUT2D eigenvalue weighted by molar-refractivity contribution is -0.116. The molecule has 0 aliphatic heterocycles. The van der Waals surface area contributed by atoms with Crippen LogP contribution in [0.5, 0.6) is 0 Å². The monoisotopic (exact) mass is 497 g/mol. The van der Waals surface area contributed by atoms with Crippen molar-refractivity contribution >= 4 is 39.1 Å². The number of ether oxygens (including phenoxy) is 1. The van der Waals surface area contributed by atoms with Crippen LogP contribution in [-0.4, -0.2) is 49.6 Å². The second-order valence-corrected chi connectivity index (χ2v) is 8.64. The summed E-state index contributed by atoms with van der Waals surface area (Å²) in [6, 6.07) is 8.98. The van der Waals surface area contributed by atoms with Crippen molar-refractivity contribution in [1.82, 2.24) is 18.9 Å². The number of anilines is 1. The lowest BCUT2D eigenvalue weighted by Crippen LogP contribution is -2.33. The molecule has 3 aromatic heterocycles. The van der Waals surface area contributed by atoms with Crippen LogP contribution in [0.3, 0.4) is 0 Å². The van der Waals surface area contributed by atoms with Crippen LogP contribution in [0.25, 0.3) is 15.9 Å². The van der Waals surface area contributed by atoms with Crippen LogP contribution in [0.1, 0.15) is 21.9 Å². The number of aromatic nitrogens is 4. The molecule has 0 aliphatic carbocycles. The van der Waals surface area contributed by atoms with Crippen LogP contribution in [0.2, 0.25) is 0 Å². The molecule has 0 saturated heterocycles. The Kier molecular flexibility index (Phi) is 6.67. The molecule has 2 N–H and O–H groups in total. The number of nitrogens with zero attached hydrogens (tertiary/aromatic N) is 4. The van der Waals surface area contributed by atoms with Crippen molar-refractivity contribution in [3.63, 3.8) is 0 Å². The van der Waals surface area contributed by atoms with E-state index in [1.54, 1.807) is 42.9 Å². The maximum atomic E-state index is 13.2. The van der Waals surface area contributed by atoms with E-state index in [1.165, 1.54) is 17.2 Å². The van der Waals surface area contributed by atoms with Crippen molar-refractivity contribution in [1.29, 1.82) is 0 Å². The zero-order valence-electron chi connectivity index (χ0n) is 19.3. The minimum Gasteiger partial charge on any atom is -0.478 e. The number of carbonyl (C=O) groups is 2. The highest BCUT2D eigenvalue weighted by molar-refractivity contribution is 7.17. The number of hydrogen-bond donors (Lipinski definition) is 2. The topological polar surface area (TPSA) is 137 Å². The Hall–Kier alpha value is -4.03. The maximum absolute atomic E-state index is 13.2. The standard InChI is InChI=1S/C23H23N5O6S/c1-13-19(22(31)28(26(13)2)14-7-5-4-6-8-14)25-17(29)11-27-16(9-10-34-3)24-20-18(21(27)30)15(12-35-20)23(32)33/h4-8,12H,9-11H2,1-3H3,(H,25,29)(H,32,33). The molecule has 0 aliphatic rings. The maximum Gasteiger partial charge on any atom is 0.337 e. The number of carboxylic acid groups (broad SMARTS) is 1. The number of amides is 1. The summed E-state index contributed by atoms with van der Waals surface area (Å²) in [5, 5.41) is 13.4. The van der Waals surface area contributed by atoms with Crippen molar-refractivity contribution < 1.29 is 19.4 Å². The third kappa shape index (κ3) is 4.40. The summed E-state index contributed by atoms with van der Waals surface area (Å²) in [6.45, 7) is 1.50. The number of benzene rings is 1. The van der Waals surface area contributed by atoms with Crippen molar-refractivity contribution in [2.45, 2.75) is 19.9 Å². The number of rotatable bonds is 8. The fraction of sp³-hybridized carbons (Fsp3) is 0.261. The van der Waals surface area contributed by atoms with Crippen LogP contribution in [0, 0.1) is 6.92 Å². The first-order valence-corrected chi connectivity index (χ1v) is 11.5. The minimum atomic E-state index is -1.25. The fourth-order valence-corrected chi connectivity index (χ4v) is 4.73. The third-order valence-electron chi connectivity index (χ3n) is 5.65. The quantitative estimate of drug-likeness (QED) is 0.378. The number of para-hydroxylation sites is 1. The van der Waals surface area contributed by atoms with E-state index < -0.39 is 29.5 Å². The van der Waals surface area contributed by atoms with Crippen LogP contribution in [0.4, 0.5) is 5.69 Å². The van der Waals surface area contributed by atoms with Gasteiger partial charge in [0.05, 0.1) is 28.9 Å². The first-order chi connectivity index (χ1) is 16.7. The molecule has 0 unspecified atom stereocenters. The van der Waals surface area contributed by atoms with E-state index in [0.29, 0.717) is 11.4 Å². The molecule has 4 aromatic rings. The normalized spacial score (nSPS) is 11.2. The lowest BCUT2D eigenvalue weighted by atomic mass is 10.2. The Morgan fingerprint density at radius 2 is 1.89 bits per heavy atom. The van der Waals surface area contributed by atoms with Gasteiger partial charge in [0, 0.05) is 26.0 Å². The molecule has 4 rings (SSSR count). The number of carboxylic acids is 1. The number of thiophene rings is 1. The second kappa shape index (κ2) is 9.68. The molecule has 0 fully saturated rings. The highest BCUT2D eigenvalue weighted by atomic mass is 32.1. The van der Waals surface area contributed by atoms with Crippen LogP contribution in [-0.2, 0) is 29.5 Å². The molecular weight excluding hydrogens is 474 g/mol. The van der Waals surface area contributed by atoms with Crippen molar-refractivity contribution in [2.75, 3.05) is 19.0 Å². The fourth-order valence-electron chi connectivity index (χ4n) is 3.81. The van der Waals surface area contributed by atoms with Gasteiger partial charge in [0.2, 0.25) is 5.91 Å². The summed E-state index contributed by atoms with van der Waals surface area (Å²) in [5.41, 5.74) is 0.0226. The average molecular weight is 498 g/mol. The van der Waals surface area contributed by atoms with Gasteiger partial charge in [-0.2, -0.15) is 0 Å². The molecule has 0 saturated carbocycles. The highest BCUT2D eigenvalue weighted by Gasteiger charge is 2.22. The summed E-state index contributed by atoms with van der Waals surface area (Å²) in [6.07, 6.45) is 0.237. The zero-order chi connectivity index (χ0) is 25.3. The van der Waals surface area contributed by atoms with E-state index in [4.69, 9.17) is 4.74 Å². The molecule has 35 heavy (non-hydrogen) atoms. The predicted octanol–water partition coefficient (Wildman–Crippen LogP) is 1.78. The van der Waals surface area contributed by atoms with E-state index in [0.717, 1.165) is 15.9 Å². The number of aromatic carboxylic acids is 1. The van der Waals surface area contributed by atoms with E-state index in [9.17, 15) is 24.3 Å². The molecule has 182 valence electrons. The number of fused-ring (bicyclic) bond motifs is 1. The van der Waals surface area contributed by atoms with Gasteiger partial charge >= 0.3 is 5.97 Å². The molecule has 0 bridgehead atoms. The van der Waals surface area contributed by atoms with Gasteiger partial charge in [-0.1, -0.05) is 18.2 Å². The molecule has 11 nitrogen and oxygen atoms in total. The molecule has 0 spiro atoms. The highest BCUT2D eigenvalue weighted by Crippen LogP contribution is 2.22. The Bertz CT molecular complexity index is 1550. The molecule has 0 radical (unpaired) electrons. The summed E-state index contributed by atoms with van der Waals surface area (Å²) in [4.78, 5) is 55.6. The first-order valence-electron chi connectivity index (χ1n) is 10.6. The van der Waals surface area contributed by atoms with Gasteiger partial charge < -0.3 is 15.2 Å². The Morgan fingerprint density at radius 3 is 2.54 bits per heavy atom. The first kappa shape index (κ1) is 24.1. The van der Waals surface area contributed by atoms with Crippen LogP contribution < -0.4 is 16.4 Å². The molecular formula is C23H23N5O6S. The summed E-state index contributed by atoms with van der Waals surface area (Å²) < 4.78 is 9.28. The Morgan fingerprint density at radius 1 is 1.17 bits per heavy atom. The number of carbonyl (C=O) groups excluding carboxylic acids is 1. The van der Waals surface area contributed by atoms with Crippen molar-refractivity contribution in [3.8, 4) is 5.69 Å². The van der Waals surface area contributed by atoms with E-state index in [-0.39, 0.29) is 40.3 Å². The summed E-state index contributed by atoms with van der Waals surface area (Å²) in [5.74, 6) is -1.59. The summed E-state index contributed by atoms with van der Waals surface area (Å²) >= 11 is 1.05. The summed E-state index contributed by atoms with van der Waals surface area (Å²) in [7, 11) is 3.20. The third-order valence-corrected chi connectivity index (χ3v) is 6.53. The second-order valence-electron chi connectivity index (χ2n) is 7.78. The minimum absolute atomic E-state index is 0.0567. The number of hydrogen-bond acceptors (Lipinski definition) is 7. The number of nitrogens with one attached hydrogen (secondary N) is 1. The van der Waals surface area contributed by atoms with Crippen molar-refractivity contribution in [2.24, 2.45) is 7.05 Å². The van der Waals surface area contributed by atoms with E-state index >= 15 is 0 Å². The van der Waals surface area contributed by atoms with Crippen LogP contribution >= 0.6 is 11.3 Å². The van der Waals surface area contributed by atoms with Gasteiger partial charge in [0.15, 0.2) is 0 Å². The molecule has 0 atom stereocenters. The van der Waals surface area contributed by atoms with E-state index in [1.807, 2.05) is 6.07 Å². The van der Waals surface area contributed by atoms with E-state index in [2.05, 4.69) is 10.3 Å². The molecule has 1 amide bonds. The molecule has 3 heterocycles. The predicted molar refractivity (Wildman–Crippen MR) is 131 cm³/mol. The van der Waals surface area contributed by atoms with Gasteiger partial charge in [0.1, 0.15) is 22.9 Å². The molecule has 12 heteroatoms. The SMILES string of the molecule is COCCc1nc2scc(C(=O)O)c2c(=O)n1CC(=O)Nc1c(C)n(C)n(-c2ccccc2)c1=O. The largest absolute Gasteiger partial charge is 0.478 e. The molecule has 1 aromatic carbocycles. The Balaban J connectivity index is 1.72.